The summed E-state index contributed by atoms with van der Waals surface area (Å²) in [4.78, 5) is 21.1. The van der Waals surface area contributed by atoms with E-state index in [9.17, 15) is 4.91 Å². The van der Waals surface area contributed by atoms with Crippen LogP contribution in [0.3, 0.4) is 0 Å². The van der Waals surface area contributed by atoms with Crippen LogP contribution in [0.2, 0.25) is 0 Å². The van der Waals surface area contributed by atoms with Gasteiger partial charge in [-0.2, -0.15) is 9.68 Å². The highest BCUT2D eigenvalue weighted by molar-refractivity contribution is 4.42. The average Bonchev–Trinajstić information content (AvgIpc) is 2.45. The molecule has 0 fully saturated rings. The molecule has 0 amide bonds. The normalized spacial score (nSPS) is 10.5. The number of rotatable bonds is 16. The number of nitrogens with zero attached hydrogens (tertiary/aromatic N) is 1. The maximum Gasteiger partial charge on any atom is 0.477 e. The summed E-state index contributed by atoms with van der Waals surface area (Å²) in [6, 6.07) is 0. The van der Waals surface area contributed by atoms with E-state index in [1.54, 1.807) is 0 Å². The zero-order chi connectivity index (χ0) is 14.9. The number of hydrogen-bond donors (Lipinski definition) is 0. The first-order chi connectivity index (χ1) is 9.81. The standard InChI is InChI=1S/C16H34NO3/c1-3-5-7-9-11-13-15-19-17(18)20-16-14-12-10-8-6-4-2/h3-16H2,1-2H3/q+1. The van der Waals surface area contributed by atoms with Crippen LogP contribution in [0, 0.1) is 4.91 Å². The zero-order valence-electron chi connectivity index (χ0n) is 13.6. The van der Waals surface area contributed by atoms with E-state index in [0.717, 1.165) is 25.7 Å². The maximum absolute atomic E-state index is 11.2. The van der Waals surface area contributed by atoms with Gasteiger partial charge in [0.05, 0.1) is 0 Å². The van der Waals surface area contributed by atoms with Gasteiger partial charge in [0.15, 0.2) is 13.2 Å². The molecule has 0 heterocycles. The van der Waals surface area contributed by atoms with Crippen LogP contribution >= 0.6 is 0 Å². The first-order valence-electron chi connectivity index (χ1n) is 8.54. The molecule has 4 heteroatoms. The molecule has 0 aromatic rings. The Morgan fingerprint density at radius 2 is 0.950 bits per heavy atom. The first kappa shape index (κ1) is 19.2. The SMILES string of the molecule is CCCCCCCCO[N+](=O)OCCCCCCCC. The molecule has 0 N–H and O–H groups in total. The van der Waals surface area contributed by atoms with Gasteiger partial charge in [0.1, 0.15) is 4.91 Å². The molecule has 0 aliphatic rings. The van der Waals surface area contributed by atoms with Gasteiger partial charge in [0.25, 0.3) is 0 Å². The molecule has 0 radical (unpaired) electrons. The Labute approximate surface area is 124 Å². The minimum Gasteiger partial charge on any atom is -0.187 e. The molecular weight excluding hydrogens is 254 g/mol. The molecule has 0 aromatic carbocycles. The number of hydrogen-bond acceptors (Lipinski definition) is 3. The van der Waals surface area contributed by atoms with E-state index < -0.39 is 0 Å². The summed E-state index contributed by atoms with van der Waals surface area (Å²) < 4.78 is 0. The summed E-state index contributed by atoms with van der Waals surface area (Å²) in [5.41, 5.74) is 0. The van der Waals surface area contributed by atoms with Crippen molar-refractivity contribution in [1.29, 1.82) is 0 Å². The summed E-state index contributed by atoms with van der Waals surface area (Å²) in [6.07, 6.45) is 14.3. The summed E-state index contributed by atoms with van der Waals surface area (Å²) in [7, 11) is 0. The van der Waals surface area contributed by atoms with Crippen molar-refractivity contribution in [1.82, 2.24) is 0 Å². The predicted molar refractivity (Wildman–Crippen MR) is 82.3 cm³/mol. The van der Waals surface area contributed by atoms with Crippen LogP contribution in [-0.4, -0.2) is 18.3 Å². The van der Waals surface area contributed by atoms with Gasteiger partial charge in [0, 0.05) is 0 Å². The van der Waals surface area contributed by atoms with Crippen LogP contribution < -0.4 is 0 Å². The van der Waals surface area contributed by atoms with Crippen molar-refractivity contribution in [2.75, 3.05) is 13.2 Å². The molecule has 20 heavy (non-hydrogen) atoms. The molecule has 0 aliphatic carbocycles. The molecule has 0 atom stereocenters. The predicted octanol–water partition coefficient (Wildman–Crippen LogP) is 5.35. The molecule has 0 bridgehead atoms. The Morgan fingerprint density at radius 1 is 0.600 bits per heavy atom. The summed E-state index contributed by atoms with van der Waals surface area (Å²) >= 11 is 0. The second kappa shape index (κ2) is 16.3. The third kappa shape index (κ3) is 15.3. The smallest absolute Gasteiger partial charge is 0.187 e. The largest absolute Gasteiger partial charge is 0.477 e. The second-order valence-electron chi connectivity index (χ2n) is 5.43. The molecule has 0 aromatic heterocycles. The van der Waals surface area contributed by atoms with Crippen molar-refractivity contribution < 1.29 is 14.8 Å². The molecule has 0 spiro atoms. The fourth-order valence-corrected chi connectivity index (χ4v) is 2.08. The minimum absolute atomic E-state index is 0.290. The van der Waals surface area contributed by atoms with Crippen molar-refractivity contribution >= 4 is 0 Å². The minimum atomic E-state index is 0.290. The Bertz CT molecular complexity index is 190. The van der Waals surface area contributed by atoms with Gasteiger partial charge in [-0.3, -0.25) is 0 Å². The average molecular weight is 288 g/mol. The Balaban J connectivity index is 3.13. The van der Waals surface area contributed by atoms with Crippen LogP contribution in [0.1, 0.15) is 90.9 Å². The van der Waals surface area contributed by atoms with Crippen molar-refractivity contribution in [3.8, 4) is 0 Å². The van der Waals surface area contributed by atoms with E-state index in [-0.39, 0.29) is 5.09 Å². The monoisotopic (exact) mass is 288 g/mol. The highest BCUT2D eigenvalue weighted by Gasteiger charge is 2.10. The highest BCUT2D eigenvalue weighted by Crippen LogP contribution is 2.06. The quantitative estimate of drug-likeness (QED) is 0.284. The van der Waals surface area contributed by atoms with Crippen LogP contribution in [0.25, 0.3) is 0 Å². The van der Waals surface area contributed by atoms with Gasteiger partial charge in [-0.25, -0.2) is 0 Å². The third-order valence-electron chi connectivity index (χ3n) is 3.39. The molecule has 0 unspecified atom stereocenters. The topological polar surface area (TPSA) is 38.5 Å². The van der Waals surface area contributed by atoms with E-state index in [1.165, 1.54) is 51.4 Å². The lowest BCUT2D eigenvalue weighted by Crippen LogP contribution is -2.12. The van der Waals surface area contributed by atoms with E-state index in [2.05, 4.69) is 13.8 Å². The Morgan fingerprint density at radius 3 is 1.35 bits per heavy atom. The van der Waals surface area contributed by atoms with Crippen molar-refractivity contribution in [2.45, 2.75) is 90.9 Å². The van der Waals surface area contributed by atoms with Gasteiger partial charge in [-0.1, -0.05) is 65.2 Å². The van der Waals surface area contributed by atoms with Gasteiger partial charge in [-0.15, -0.1) is 0 Å². The van der Waals surface area contributed by atoms with Crippen LogP contribution in [0.4, 0.5) is 0 Å². The van der Waals surface area contributed by atoms with Gasteiger partial charge >= 0.3 is 5.09 Å². The van der Waals surface area contributed by atoms with E-state index in [1.807, 2.05) is 0 Å². The van der Waals surface area contributed by atoms with Crippen LogP contribution in [0.5, 0.6) is 0 Å². The van der Waals surface area contributed by atoms with E-state index >= 15 is 0 Å². The molecule has 4 nitrogen and oxygen atoms in total. The summed E-state index contributed by atoms with van der Waals surface area (Å²) in [5, 5.41) is 0.290. The molecule has 0 saturated carbocycles. The van der Waals surface area contributed by atoms with E-state index in [4.69, 9.17) is 9.68 Å². The molecule has 0 aliphatic heterocycles. The summed E-state index contributed by atoms with van der Waals surface area (Å²) in [6.45, 7) is 5.34. The fourth-order valence-electron chi connectivity index (χ4n) is 2.08. The molecule has 0 saturated heterocycles. The lowest BCUT2D eigenvalue weighted by Gasteiger charge is -1.99. The zero-order valence-corrected chi connectivity index (χ0v) is 13.6. The van der Waals surface area contributed by atoms with Crippen molar-refractivity contribution in [2.24, 2.45) is 0 Å². The van der Waals surface area contributed by atoms with Crippen LogP contribution in [0.15, 0.2) is 0 Å². The Kier molecular flexibility index (Phi) is 15.6. The highest BCUT2D eigenvalue weighted by atomic mass is 17.0. The Hall–Kier alpha value is -0.800. The first-order valence-corrected chi connectivity index (χ1v) is 8.54. The van der Waals surface area contributed by atoms with Gasteiger partial charge in [-0.05, 0) is 25.7 Å². The van der Waals surface area contributed by atoms with Gasteiger partial charge < -0.3 is 0 Å². The molecular formula is C16H34NO3+. The molecule has 120 valence electrons. The van der Waals surface area contributed by atoms with Crippen LogP contribution in [-0.2, 0) is 9.68 Å². The van der Waals surface area contributed by atoms with Gasteiger partial charge in [0.2, 0.25) is 0 Å². The number of unbranched alkanes of at least 4 members (excludes halogenated alkanes) is 10. The molecule has 0 rings (SSSR count). The van der Waals surface area contributed by atoms with E-state index in [0.29, 0.717) is 13.2 Å². The van der Waals surface area contributed by atoms with Crippen molar-refractivity contribution in [3.05, 3.63) is 4.91 Å². The van der Waals surface area contributed by atoms with Crippen molar-refractivity contribution in [3.63, 3.8) is 0 Å². The fraction of sp³-hybridized carbons (Fsp3) is 1.00. The second-order valence-corrected chi connectivity index (χ2v) is 5.43. The third-order valence-corrected chi connectivity index (χ3v) is 3.39. The lowest BCUT2D eigenvalue weighted by molar-refractivity contribution is -0.981. The lowest BCUT2D eigenvalue weighted by atomic mass is 10.1. The summed E-state index contributed by atoms with van der Waals surface area (Å²) in [5.74, 6) is 0. The maximum atomic E-state index is 11.2.